The summed E-state index contributed by atoms with van der Waals surface area (Å²) >= 11 is 0. The van der Waals surface area contributed by atoms with Crippen molar-refractivity contribution in [2.45, 2.75) is 19.7 Å². The summed E-state index contributed by atoms with van der Waals surface area (Å²) in [6.45, 7) is 1.22. The van der Waals surface area contributed by atoms with Gasteiger partial charge in [0.1, 0.15) is 43.4 Å². The van der Waals surface area contributed by atoms with Crippen LogP contribution >= 0.6 is 0 Å². The molecular formula is C43H38N8O8. The van der Waals surface area contributed by atoms with Gasteiger partial charge in [-0.2, -0.15) is 10.2 Å². The van der Waals surface area contributed by atoms with Crippen LogP contribution in [0.3, 0.4) is 0 Å². The molecular weight excluding hydrogens is 757 g/mol. The topological polar surface area (TPSA) is 202 Å². The first-order valence-corrected chi connectivity index (χ1v) is 17.9. The van der Waals surface area contributed by atoms with Gasteiger partial charge in [-0.1, -0.05) is 30.3 Å². The number of anilines is 2. The maximum absolute atomic E-state index is 12.8. The molecule has 298 valence electrons. The second-order valence-electron chi connectivity index (χ2n) is 12.8. The molecule has 0 fully saturated rings. The smallest absolute Gasteiger partial charge is 0.337 e. The zero-order valence-electron chi connectivity index (χ0n) is 31.9. The van der Waals surface area contributed by atoms with E-state index in [9.17, 15) is 24.3 Å². The van der Waals surface area contributed by atoms with Crippen molar-refractivity contribution in [3.05, 3.63) is 180 Å². The number of aromatic hydroxyl groups is 1. The molecule has 7 rings (SSSR count). The van der Waals surface area contributed by atoms with E-state index in [0.29, 0.717) is 59.1 Å². The van der Waals surface area contributed by atoms with E-state index in [0.717, 1.165) is 16.7 Å². The lowest BCUT2D eigenvalue weighted by molar-refractivity contribution is 0.0592. The van der Waals surface area contributed by atoms with Gasteiger partial charge in [0.25, 0.3) is 11.8 Å². The fourth-order valence-corrected chi connectivity index (χ4v) is 5.65. The van der Waals surface area contributed by atoms with E-state index >= 15 is 0 Å². The van der Waals surface area contributed by atoms with Crippen molar-refractivity contribution >= 4 is 35.1 Å². The molecule has 0 aliphatic carbocycles. The molecule has 0 saturated heterocycles. The van der Waals surface area contributed by atoms with Crippen molar-refractivity contribution in [1.82, 2.24) is 29.5 Å². The number of hydrogen-bond donors (Lipinski definition) is 3. The quantitative estimate of drug-likeness (QED) is 0.115. The Morgan fingerprint density at radius 3 is 1.49 bits per heavy atom. The fraction of sp³-hybridized carbons (Fsp3) is 0.116. The van der Waals surface area contributed by atoms with Gasteiger partial charge >= 0.3 is 11.9 Å². The highest BCUT2D eigenvalue weighted by molar-refractivity contribution is 6.06. The summed E-state index contributed by atoms with van der Waals surface area (Å²) in [6, 6.07) is 32.6. The number of rotatable bonds is 13. The molecule has 5 aromatic carbocycles. The largest absolute Gasteiger partial charge is 0.508 e. The van der Waals surface area contributed by atoms with Crippen molar-refractivity contribution in [3.63, 3.8) is 0 Å². The van der Waals surface area contributed by atoms with Crippen LogP contribution in [0.1, 0.15) is 58.1 Å². The Labute approximate surface area is 338 Å². The predicted octanol–water partition coefficient (Wildman–Crippen LogP) is 6.02. The minimum Gasteiger partial charge on any atom is -0.508 e. The molecule has 0 saturated carbocycles. The van der Waals surface area contributed by atoms with Gasteiger partial charge in [0, 0.05) is 22.5 Å². The summed E-state index contributed by atoms with van der Waals surface area (Å²) in [5, 5.41) is 23.0. The van der Waals surface area contributed by atoms with Crippen molar-refractivity contribution < 1.29 is 38.5 Å². The van der Waals surface area contributed by atoms with Gasteiger partial charge in [-0.3, -0.25) is 9.59 Å². The van der Waals surface area contributed by atoms with Gasteiger partial charge in [0.05, 0.1) is 38.4 Å². The van der Waals surface area contributed by atoms with Crippen LogP contribution in [0.15, 0.2) is 141 Å². The lowest BCUT2D eigenvalue weighted by atomic mass is 10.1. The number of benzene rings is 5. The summed E-state index contributed by atoms with van der Waals surface area (Å²) < 4.78 is 18.6. The van der Waals surface area contributed by atoms with Gasteiger partial charge < -0.3 is 30.0 Å². The second kappa shape index (κ2) is 19.6. The Bertz CT molecular complexity index is 2490. The molecule has 0 spiro atoms. The first-order chi connectivity index (χ1) is 28.6. The van der Waals surface area contributed by atoms with Crippen LogP contribution in [0.25, 0.3) is 0 Å². The van der Waals surface area contributed by atoms with Gasteiger partial charge in [-0.05, 0) is 102 Å². The standard InChI is InChI=1S/C25H22N4O4.C18H16N4O4/c1-32-25(31)21-11-19(14-29-17-26-16-27-29)12-22(13-21)28-24(30)20-7-9-23(10-8-20)33-15-18-5-3-2-4-6-18;1-26-18(25)14-6-12(9-22-11-19-10-20-22)7-15(8-14)21-17(24)13-2-4-16(23)5-3-13/h2-13,16-17H,14-15H2,1H3,(H,28,30);2-8,10-11,23H,9H2,1H3,(H,21,24). The first-order valence-electron chi connectivity index (χ1n) is 17.9. The normalized spacial score (nSPS) is 10.4. The van der Waals surface area contributed by atoms with Crippen molar-refractivity contribution in [2.24, 2.45) is 0 Å². The van der Waals surface area contributed by atoms with Crippen LogP contribution in [0, 0.1) is 0 Å². The number of esters is 2. The SMILES string of the molecule is COC(=O)c1cc(Cn2cncn2)cc(NC(=O)c2ccc(O)cc2)c1.COC(=O)c1cc(Cn2cncn2)cc(NC(=O)c2ccc(OCc3ccccc3)cc2)c1. The van der Waals surface area contributed by atoms with E-state index in [-0.39, 0.29) is 17.6 Å². The summed E-state index contributed by atoms with van der Waals surface area (Å²) in [6.07, 6.45) is 5.97. The predicted molar refractivity (Wildman–Crippen MR) is 215 cm³/mol. The zero-order valence-corrected chi connectivity index (χ0v) is 31.9. The third-order valence-electron chi connectivity index (χ3n) is 8.46. The molecule has 2 amide bonds. The number of nitrogens with zero attached hydrogens (tertiary/aromatic N) is 6. The Kier molecular flexibility index (Phi) is 13.5. The Balaban J connectivity index is 0.000000204. The van der Waals surface area contributed by atoms with Gasteiger partial charge in [0.2, 0.25) is 0 Å². The minimum absolute atomic E-state index is 0.0735. The van der Waals surface area contributed by atoms with Crippen molar-refractivity contribution in [1.29, 1.82) is 0 Å². The number of nitrogens with one attached hydrogen (secondary N) is 2. The monoisotopic (exact) mass is 794 g/mol. The lowest BCUT2D eigenvalue weighted by Gasteiger charge is -2.11. The number of methoxy groups -OCH3 is 2. The van der Waals surface area contributed by atoms with E-state index < -0.39 is 11.9 Å². The molecule has 3 N–H and O–H groups in total. The number of hydrogen-bond acceptors (Lipinski definition) is 12. The molecule has 59 heavy (non-hydrogen) atoms. The molecule has 0 aliphatic rings. The molecule has 0 unspecified atom stereocenters. The third kappa shape index (κ3) is 11.7. The molecule has 2 aromatic heterocycles. The number of phenolic OH excluding ortho intramolecular Hbond substituents is 1. The average molecular weight is 795 g/mol. The van der Waals surface area contributed by atoms with Crippen LogP contribution in [0.4, 0.5) is 11.4 Å². The van der Waals surface area contributed by atoms with Crippen LogP contribution in [0.2, 0.25) is 0 Å². The number of amides is 2. The second-order valence-corrected chi connectivity index (χ2v) is 12.8. The molecule has 16 heteroatoms. The zero-order chi connectivity index (χ0) is 41.6. The minimum atomic E-state index is -0.509. The number of carbonyl (C=O) groups excluding carboxylic acids is 4. The lowest BCUT2D eigenvalue weighted by Crippen LogP contribution is -2.13. The van der Waals surface area contributed by atoms with Gasteiger partial charge in [-0.15, -0.1) is 0 Å². The summed E-state index contributed by atoms with van der Waals surface area (Å²) in [7, 11) is 2.60. The summed E-state index contributed by atoms with van der Waals surface area (Å²) in [4.78, 5) is 57.0. The molecule has 0 bridgehead atoms. The molecule has 2 heterocycles. The maximum atomic E-state index is 12.8. The van der Waals surface area contributed by atoms with Crippen LogP contribution in [-0.2, 0) is 29.2 Å². The van der Waals surface area contributed by atoms with E-state index in [4.69, 9.17) is 14.2 Å². The Morgan fingerprint density at radius 1 is 0.576 bits per heavy atom. The number of carbonyl (C=O) groups is 4. The van der Waals surface area contributed by atoms with Crippen LogP contribution in [-0.4, -0.2) is 72.6 Å². The summed E-state index contributed by atoms with van der Waals surface area (Å²) in [5.41, 5.74) is 4.98. The first kappa shape index (κ1) is 40.5. The van der Waals surface area contributed by atoms with Crippen LogP contribution in [0.5, 0.6) is 11.5 Å². The average Bonchev–Trinajstić information content (AvgIpc) is 3.98. The van der Waals surface area contributed by atoms with E-state index in [1.165, 1.54) is 57.2 Å². The summed E-state index contributed by atoms with van der Waals surface area (Å²) in [5.74, 6) is -0.934. The van der Waals surface area contributed by atoms with Crippen molar-refractivity contribution in [2.75, 3.05) is 24.9 Å². The third-order valence-corrected chi connectivity index (χ3v) is 8.46. The number of aromatic nitrogens is 6. The highest BCUT2D eigenvalue weighted by Crippen LogP contribution is 2.21. The maximum Gasteiger partial charge on any atom is 0.337 e. The molecule has 0 atom stereocenters. The van der Waals surface area contributed by atoms with E-state index in [1.54, 1.807) is 76.6 Å². The van der Waals surface area contributed by atoms with Gasteiger partial charge in [-0.25, -0.2) is 28.9 Å². The Morgan fingerprint density at radius 2 is 1.05 bits per heavy atom. The number of ether oxygens (including phenoxy) is 3. The molecule has 16 nitrogen and oxygen atoms in total. The van der Waals surface area contributed by atoms with Crippen molar-refractivity contribution in [3.8, 4) is 11.5 Å². The van der Waals surface area contributed by atoms with E-state index in [2.05, 4.69) is 30.8 Å². The van der Waals surface area contributed by atoms with Crippen LogP contribution < -0.4 is 15.4 Å². The van der Waals surface area contributed by atoms with E-state index in [1.807, 2.05) is 30.3 Å². The highest BCUT2D eigenvalue weighted by atomic mass is 16.5. The molecule has 0 radical (unpaired) electrons. The number of phenols is 1. The van der Waals surface area contributed by atoms with Gasteiger partial charge in [0.15, 0.2) is 0 Å². The molecule has 7 aromatic rings. The fourth-order valence-electron chi connectivity index (χ4n) is 5.65. The Hall–Kier alpha value is -8.14. The molecule has 0 aliphatic heterocycles. The highest BCUT2D eigenvalue weighted by Gasteiger charge is 2.15.